The molecule has 0 bridgehead atoms. The van der Waals surface area contributed by atoms with Gasteiger partial charge in [-0.2, -0.15) is 0 Å². The lowest BCUT2D eigenvalue weighted by Crippen LogP contribution is -2.41. The molecule has 4 unspecified atom stereocenters. The van der Waals surface area contributed by atoms with Crippen molar-refractivity contribution in [3.05, 3.63) is 0 Å². The van der Waals surface area contributed by atoms with Crippen molar-refractivity contribution < 1.29 is 4.74 Å². The molecule has 17 heavy (non-hydrogen) atoms. The molecule has 0 aliphatic carbocycles. The fourth-order valence-corrected chi connectivity index (χ4v) is 3.40. The summed E-state index contributed by atoms with van der Waals surface area (Å²) in [5.74, 6) is 2.70. The average molecular weight is 237 g/mol. The number of ether oxygens (including phenoxy) is 1. The van der Waals surface area contributed by atoms with Gasteiger partial charge in [0.15, 0.2) is 0 Å². The summed E-state index contributed by atoms with van der Waals surface area (Å²) in [6, 6.07) is 0.356. The van der Waals surface area contributed by atoms with Crippen LogP contribution in [0.15, 0.2) is 0 Å². The lowest BCUT2D eigenvalue weighted by molar-refractivity contribution is -0.0791. The molecule has 0 aromatic carbocycles. The van der Waals surface area contributed by atoms with E-state index in [0.29, 0.717) is 29.7 Å². The fourth-order valence-electron chi connectivity index (χ4n) is 3.40. The van der Waals surface area contributed by atoms with Crippen LogP contribution in [0, 0.1) is 23.7 Å². The number of hydrogen-bond donors (Lipinski definition) is 0. The molecule has 0 N–H and O–H groups in total. The Morgan fingerprint density at radius 3 is 2.18 bits per heavy atom. The predicted octanol–water partition coefficient (Wildman–Crippen LogP) is 4.20. The molecule has 1 rings (SSSR count). The highest BCUT2D eigenvalue weighted by Gasteiger charge is 2.48. The molecule has 0 saturated carbocycles. The van der Waals surface area contributed by atoms with Crippen molar-refractivity contribution in [1.29, 1.82) is 0 Å². The van der Waals surface area contributed by atoms with Crippen molar-refractivity contribution in [3.63, 3.8) is 0 Å². The SMILES string of the molecule is C[B]C1OC(CC(C)C)(C(C)C(C)C)CC1C. The Hall–Kier alpha value is 0.0249. The largest absolute Gasteiger partial charge is 0.380 e. The summed E-state index contributed by atoms with van der Waals surface area (Å²) in [6.07, 6.45) is 2.42. The first kappa shape index (κ1) is 15.1. The summed E-state index contributed by atoms with van der Waals surface area (Å²) >= 11 is 0. The summed E-state index contributed by atoms with van der Waals surface area (Å²) < 4.78 is 6.49. The maximum Gasteiger partial charge on any atom is 0.146 e. The van der Waals surface area contributed by atoms with Crippen molar-refractivity contribution in [2.75, 3.05) is 0 Å². The van der Waals surface area contributed by atoms with Gasteiger partial charge in [-0.1, -0.05) is 48.4 Å². The summed E-state index contributed by atoms with van der Waals surface area (Å²) in [4.78, 5) is 0. The Bertz CT molecular complexity index is 239. The summed E-state index contributed by atoms with van der Waals surface area (Å²) in [7, 11) is 2.24. The molecule has 1 aliphatic rings. The molecule has 0 amide bonds. The van der Waals surface area contributed by atoms with E-state index in [1.165, 1.54) is 12.8 Å². The number of hydrogen-bond acceptors (Lipinski definition) is 1. The van der Waals surface area contributed by atoms with Gasteiger partial charge in [0.25, 0.3) is 0 Å². The first-order chi connectivity index (χ1) is 7.82. The molecule has 1 aliphatic heterocycles. The Kier molecular flexibility index (Phi) is 5.13. The van der Waals surface area contributed by atoms with E-state index < -0.39 is 0 Å². The second-order valence-electron chi connectivity index (χ2n) is 6.79. The quantitative estimate of drug-likeness (QED) is 0.651. The molecule has 99 valence electrons. The predicted molar refractivity (Wildman–Crippen MR) is 76.5 cm³/mol. The molecule has 4 atom stereocenters. The van der Waals surface area contributed by atoms with E-state index in [1.807, 2.05) is 0 Å². The molecule has 0 aromatic rings. The van der Waals surface area contributed by atoms with Crippen LogP contribution in [0.5, 0.6) is 0 Å². The van der Waals surface area contributed by atoms with Gasteiger partial charge < -0.3 is 4.74 Å². The van der Waals surface area contributed by atoms with Gasteiger partial charge in [0.05, 0.1) is 5.60 Å². The van der Waals surface area contributed by atoms with E-state index in [9.17, 15) is 0 Å². The minimum Gasteiger partial charge on any atom is -0.380 e. The Morgan fingerprint density at radius 1 is 1.24 bits per heavy atom. The van der Waals surface area contributed by atoms with Crippen LogP contribution in [-0.4, -0.2) is 18.9 Å². The van der Waals surface area contributed by atoms with Crippen LogP contribution in [0.2, 0.25) is 6.82 Å². The lowest BCUT2D eigenvalue weighted by atomic mass is 9.68. The van der Waals surface area contributed by atoms with Crippen molar-refractivity contribution in [2.24, 2.45) is 23.7 Å². The van der Waals surface area contributed by atoms with E-state index in [4.69, 9.17) is 4.74 Å². The topological polar surface area (TPSA) is 9.23 Å². The van der Waals surface area contributed by atoms with E-state index in [1.54, 1.807) is 0 Å². The molecular weight excluding hydrogens is 207 g/mol. The standard InChI is InChI=1S/C15H30BO/c1-10(2)8-15(13(6)11(3)4)9-12(5)14(16-7)17-15/h10-14H,8-9H2,1-7H3. The number of rotatable bonds is 5. The third-order valence-corrected chi connectivity index (χ3v) is 4.51. The Morgan fingerprint density at radius 2 is 1.82 bits per heavy atom. The van der Waals surface area contributed by atoms with Crippen LogP contribution in [0.1, 0.15) is 54.4 Å². The van der Waals surface area contributed by atoms with Crippen molar-refractivity contribution in [3.8, 4) is 0 Å². The molecule has 1 radical (unpaired) electrons. The first-order valence-electron chi connectivity index (χ1n) is 7.29. The van der Waals surface area contributed by atoms with Crippen LogP contribution in [0.25, 0.3) is 0 Å². The zero-order valence-corrected chi connectivity index (χ0v) is 12.8. The Labute approximate surface area is 109 Å². The second kappa shape index (κ2) is 5.78. The first-order valence-corrected chi connectivity index (χ1v) is 7.29. The van der Waals surface area contributed by atoms with Crippen LogP contribution in [0.3, 0.4) is 0 Å². The summed E-state index contributed by atoms with van der Waals surface area (Å²) in [5.41, 5.74) is 0.110. The van der Waals surface area contributed by atoms with Gasteiger partial charge in [0.2, 0.25) is 0 Å². The summed E-state index contributed by atoms with van der Waals surface area (Å²) in [5, 5.41) is 0. The molecule has 1 saturated heterocycles. The minimum atomic E-state index is 0.110. The van der Waals surface area contributed by atoms with Gasteiger partial charge in [-0.05, 0) is 36.5 Å². The molecular formula is C15H30BO. The monoisotopic (exact) mass is 237 g/mol. The maximum atomic E-state index is 6.49. The molecule has 2 heteroatoms. The molecule has 0 aromatic heterocycles. The van der Waals surface area contributed by atoms with E-state index in [0.717, 1.165) is 0 Å². The van der Waals surface area contributed by atoms with Gasteiger partial charge in [-0.3, -0.25) is 0 Å². The van der Waals surface area contributed by atoms with Gasteiger partial charge in [0.1, 0.15) is 7.28 Å². The van der Waals surface area contributed by atoms with Crippen LogP contribution >= 0.6 is 0 Å². The van der Waals surface area contributed by atoms with E-state index in [2.05, 4.69) is 55.6 Å². The average Bonchev–Trinajstić information content (AvgIpc) is 2.53. The molecule has 1 heterocycles. The van der Waals surface area contributed by atoms with Crippen LogP contribution in [-0.2, 0) is 4.74 Å². The van der Waals surface area contributed by atoms with Crippen molar-refractivity contribution in [1.82, 2.24) is 0 Å². The smallest absolute Gasteiger partial charge is 0.146 e. The van der Waals surface area contributed by atoms with Crippen molar-refractivity contribution >= 4 is 7.28 Å². The normalized spacial score (nSPS) is 35.6. The maximum absolute atomic E-state index is 6.49. The Balaban J connectivity index is 2.89. The van der Waals surface area contributed by atoms with E-state index in [-0.39, 0.29) is 5.60 Å². The molecule has 1 fully saturated rings. The third kappa shape index (κ3) is 3.27. The van der Waals surface area contributed by atoms with Gasteiger partial charge in [-0.25, -0.2) is 0 Å². The molecule has 1 nitrogen and oxygen atoms in total. The van der Waals surface area contributed by atoms with Gasteiger partial charge >= 0.3 is 0 Å². The van der Waals surface area contributed by atoms with Crippen molar-refractivity contribution in [2.45, 2.75) is 72.8 Å². The summed E-state index contributed by atoms with van der Waals surface area (Å²) in [6.45, 7) is 16.1. The highest BCUT2D eigenvalue weighted by Crippen LogP contribution is 2.46. The second-order valence-corrected chi connectivity index (χ2v) is 6.79. The van der Waals surface area contributed by atoms with Gasteiger partial charge in [0, 0.05) is 6.00 Å². The zero-order valence-electron chi connectivity index (χ0n) is 12.8. The minimum absolute atomic E-state index is 0.110. The lowest BCUT2D eigenvalue weighted by Gasteiger charge is -2.39. The van der Waals surface area contributed by atoms with Crippen LogP contribution < -0.4 is 0 Å². The molecule has 0 spiro atoms. The highest BCUT2D eigenvalue weighted by atomic mass is 16.5. The van der Waals surface area contributed by atoms with E-state index >= 15 is 0 Å². The highest BCUT2D eigenvalue weighted by molar-refractivity contribution is 6.35. The van der Waals surface area contributed by atoms with Gasteiger partial charge in [-0.15, -0.1) is 0 Å². The fraction of sp³-hybridized carbons (Fsp3) is 1.00. The zero-order chi connectivity index (χ0) is 13.2. The third-order valence-electron chi connectivity index (χ3n) is 4.51. The van der Waals surface area contributed by atoms with Crippen LogP contribution in [0.4, 0.5) is 0 Å².